The summed E-state index contributed by atoms with van der Waals surface area (Å²) < 4.78 is 3.54. The lowest BCUT2D eigenvalue weighted by atomic mass is 9.76. The van der Waals surface area contributed by atoms with Gasteiger partial charge >= 0.3 is 0 Å². The lowest BCUT2D eigenvalue weighted by molar-refractivity contribution is 0.422. The molecule has 448 valence electrons. The van der Waals surface area contributed by atoms with Crippen LogP contribution in [0, 0.1) is 0 Å². The van der Waals surface area contributed by atoms with Gasteiger partial charge in [-0.2, -0.15) is 0 Å². The van der Waals surface area contributed by atoms with E-state index in [1.54, 1.807) is 0 Å². The number of phenols is 4. The van der Waals surface area contributed by atoms with E-state index in [-0.39, 0.29) is 46.7 Å². The summed E-state index contributed by atoms with van der Waals surface area (Å²) in [5.74, 6) is -0.244. The van der Waals surface area contributed by atoms with E-state index in [1.165, 1.54) is 180 Å². The smallest absolute Gasteiger partial charge is 0.123 e. The largest absolute Gasteiger partial charge is 0.507 e. The number of phenolic OH excluding ortho intramolecular Hbond substituents is 4. The molecule has 0 spiro atoms. The predicted molar refractivity (Wildman–Crippen MR) is 358 cm³/mol. The van der Waals surface area contributed by atoms with Gasteiger partial charge < -0.3 is 20.4 Å². The Morgan fingerprint density at radius 1 is 0.225 bits per heavy atom. The average Bonchev–Trinajstić information content (AvgIpc) is 3.44. The van der Waals surface area contributed by atoms with E-state index >= 15 is 0 Å². The van der Waals surface area contributed by atoms with Crippen molar-refractivity contribution in [3.8, 4) is 23.0 Å². The molecule has 1 aliphatic rings. The molecule has 8 bridgehead atoms. The molecule has 8 heteroatoms. The molecule has 0 aromatic heterocycles. The fraction of sp³-hybridized carbons (Fsp3) is 0.667. The molecule has 0 heterocycles. The maximum absolute atomic E-state index is 13.2. The van der Waals surface area contributed by atoms with Crippen LogP contribution in [0.15, 0.2) is 66.4 Å². The number of aromatic hydroxyl groups is 4. The molecule has 0 fully saturated rings. The summed E-state index contributed by atoms with van der Waals surface area (Å²) in [6.45, 7) is 9.10. The Labute approximate surface area is 522 Å². The highest BCUT2D eigenvalue weighted by atomic mass is 79.9. The Bertz CT molecular complexity index is 1940. The second-order valence-corrected chi connectivity index (χ2v) is 28.1. The number of unbranched alkanes of at least 4 members (excludes halogenated alkanes) is 32. The maximum Gasteiger partial charge on any atom is 0.123 e. The number of fused-ring (bicyclic) bond motifs is 8. The molecule has 1 aliphatic carbocycles. The van der Waals surface area contributed by atoms with Crippen molar-refractivity contribution in [1.29, 1.82) is 0 Å². The van der Waals surface area contributed by atoms with Gasteiger partial charge in [0.05, 0.1) is 0 Å². The second kappa shape index (κ2) is 39.6. The van der Waals surface area contributed by atoms with Gasteiger partial charge in [0, 0.05) is 86.1 Å². The van der Waals surface area contributed by atoms with Crippen LogP contribution >= 0.6 is 63.7 Å². The highest BCUT2D eigenvalue weighted by Crippen LogP contribution is 2.54. The average molecular weight is 1360 g/mol. The van der Waals surface area contributed by atoms with Crippen molar-refractivity contribution in [1.82, 2.24) is 0 Å². The van der Waals surface area contributed by atoms with Crippen molar-refractivity contribution < 1.29 is 20.4 Å². The van der Waals surface area contributed by atoms with E-state index in [4.69, 9.17) is 0 Å². The molecule has 4 nitrogen and oxygen atoms in total. The van der Waals surface area contributed by atoms with Gasteiger partial charge in [-0.05, 0) is 74.2 Å². The molecule has 0 atom stereocenters. The molecule has 0 saturated carbocycles. The standard InChI is InChI=1S/C72H108Br4O4/c1-5-9-13-17-21-25-29-33-37-41-57-61-45-53(73)47-63(69(61)77)58(42-38-34-30-26-22-18-14-10-6-2)65-49-55(75)51-67(71(65)79)60(44-40-36-32-28-24-20-16-12-8-4)68-52-56(76)50-66(72(68)80)59(64-48-54(74)46-62(57)70(64)78)43-39-35-31-27-23-19-15-11-7-3/h45-52,57-60,77-80H,5-44H2,1-4H3. The molecule has 5 rings (SSSR count). The molecule has 0 radical (unpaired) electrons. The van der Waals surface area contributed by atoms with Crippen LogP contribution in [0.5, 0.6) is 23.0 Å². The quantitative estimate of drug-likeness (QED) is 0.0335. The molecular weight excluding hydrogens is 1250 g/mol. The Morgan fingerprint density at radius 3 is 0.487 bits per heavy atom. The van der Waals surface area contributed by atoms with Crippen molar-refractivity contribution in [3.05, 3.63) is 111 Å². The Hall–Kier alpha value is -2.00. The molecule has 80 heavy (non-hydrogen) atoms. The van der Waals surface area contributed by atoms with Gasteiger partial charge in [-0.1, -0.05) is 323 Å². The number of halogens is 4. The summed E-state index contributed by atoms with van der Waals surface area (Å²) in [5, 5.41) is 52.9. The lowest BCUT2D eigenvalue weighted by Gasteiger charge is -2.30. The van der Waals surface area contributed by atoms with E-state index in [0.29, 0.717) is 0 Å². The van der Waals surface area contributed by atoms with Crippen LogP contribution in [0.4, 0.5) is 0 Å². The SMILES string of the molecule is CCCCCCCCCCCC1c2cc(Br)cc(c2O)C(CCCCCCCCCCC)c2cc(Br)cc(c2O)C(CCCCCCCCCCC)c2cc(Br)cc(c2O)C(CCCCCCCCCCC)c2cc(Br)cc1c2O. The van der Waals surface area contributed by atoms with Crippen molar-refractivity contribution in [2.75, 3.05) is 0 Å². The summed E-state index contributed by atoms with van der Waals surface area (Å²) in [7, 11) is 0. The second-order valence-electron chi connectivity index (χ2n) is 24.4. The van der Waals surface area contributed by atoms with Crippen LogP contribution < -0.4 is 0 Å². The van der Waals surface area contributed by atoms with Gasteiger partial charge in [0.1, 0.15) is 23.0 Å². The zero-order chi connectivity index (χ0) is 57.5. The van der Waals surface area contributed by atoms with Crippen molar-refractivity contribution >= 4 is 63.7 Å². The number of rotatable bonds is 40. The van der Waals surface area contributed by atoms with Crippen molar-refractivity contribution in [3.63, 3.8) is 0 Å². The predicted octanol–water partition coefficient (Wildman–Crippen LogP) is 26.1. The van der Waals surface area contributed by atoms with E-state index in [9.17, 15) is 20.4 Å². The monoisotopic (exact) mass is 1350 g/mol. The van der Waals surface area contributed by atoms with E-state index in [0.717, 1.165) is 139 Å². The van der Waals surface area contributed by atoms with Gasteiger partial charge in [-0.3, -0.25) is 0 Å². The van der Waals surface area contributed by atoms with Crippen LogP contribution in [0.2, 0.25) is 0 Å². The third-order valence-corrected chi connectivity index (χ3v) is 19.8. The topological polar surface area (TPSA) is 80.9 Å². The summed E-state index contributed by atoms with van der Waals surface area (Å²) >= 11 is 16.0. The van der Waals surface area contributed by atoms with Gasteiger partial charge in [-0.25, -0.2) is 0 Å². The van der Waals surface area contributed by atoms with E-state index < -0.39 is 0 Å². The van der Waals surface area contributed by atoms with Crippen LogP contribution in [0.1, 0.15) is 353 Å². The van der Waals surface area contributed by atoms with Gasteiger partial charge in [0.15, 0.2) is 0 Å². The van der Waals surface area contributed by atoms with Gasteiger partial charge in [0.2, 0.25) is 0 Å². The third kappa shape index (κ3) is 22.4. The molecule has 0 aliphatic heterocycles. The maximum atomic E-state index is 13.2. The summed E-state index contributed by atoms with van der Waals surface area (Å²) in [6.07, 6.45) is 46.5. The summed E-state index contributed by atoms with van der Waals surface area (Å²) in [4.78, 5) is 0. The molecule has 4 N–H and O–H groups in total. The Kier molecular flexibility index (Phi) is 34.0. The lowest BCUT2D eigenvalue weighted by Crippen LogP contribution is -2.12. The zero-order valence-electron chi connectivity index (χ0n) is 50.5. The van der Waals surface area contributed by atoms with Gasteiger partial charge in [0.25, 0.3) is 0 Å². The molecule has 0 saturated heterocycles. The summed E-state index contributed by atoms with van der Waals surface area (Å²) in [5.41, 5.74) is 6.43. The van der Waals surface area contributed by atoms with Crippen LogP contribution in [-0.2, 0) is 0 Å². The first-order chi connectivity index (χ1) is 38.9. The first kappa shape index (κ1) is 68.8. The molecule has 4 aromatic carbocycles. The van der Waals surface area contributed by atoms with Crippen LogP contribution in [0.3, 0.4) is 0 Å². The molecule has 4 aromatic rings. The van der Waals surface area contributed by atoms with E-state index in [2.05, 4.69) is 140 Å². The third-order valence-electron chi connectivity index (χ3n) is 17.9. The minimum atomic E-state index is -0.319. The number of hydrogen-bond donors (Lipinski definition) is 4. The number of benzene rings is 4. The Balaban J connectivity index is 1.70. The zero-order valence-corrected chi connectivity index (χ0v) is 56.9. The number of hydrogen-bond acceptors (Lipinski definition) is 4. The minimum absolute atomic E-state index is 0.258. The van der Waals surface area contributed by atoms with Crippen LogP contribution in [0.25, 0.3) is 0 Å². The fourth-order valence-corrected chi connectivity index (χ4v) is 15.2. The molecule has 0 amide bonds. The highest BCUT2D eigenvalue weighted by molar-refractivity contribution is 9.11. The summed E-state index contributed by atoms with van der Waals surface area (Å²) in [6, 6.07) is 16.7. The first-order valence-corrected chi connectivity index (χ1v) is 36.2. The van der Waals surface area contributed by atoms with Crippen molar-refractivity contribution in [2.45, 2.75) is 308 Å². The van der Waals surface area contributed by atoms with Crippen LogP contribution in [-0.4, -0.2) is 20.4 Å². The normalized spacial score (nSPS) is 16.2. The Morgan fingerprint density at radius 2 is 0.350 bits per heavy atom. The highest BCUT2D eigenvalue weighted by Gasteiger charge is 2.34. The first-order valence-electron chi connectivity index (χ1n) is 33.0. The van der Waals surface area contributed by atoms with Gasteiger partial charge in [-0.15, -0.1) is 0 Å². The van der Waals surface area contributed by atoms with Crippen molar-refractivity contribution in [2.24, 2.45) is 0 Å². The van der Waals surface area contributed by atoms with E-state index in [1.807, 2.05) is 0 Å². The fourth-order valence-electron chi connectivity index (χ4n) is 13.2. The molecule has 0 unspecified atom stereocenters. The molecular formula is C72H108Br4O4. The minimum Gasteiger partial charge on any atom is -0.507 e.